The average molecular weight is 526 g/mol. The number of hydrogen-bond donors (Lipinski definition) is 0. The zero-order valence-corrected chi connectivity index (χ0v) is 21.3. The zero-order chi connectivity index (χ0) is 24.2. The molecule has 0 N–H and O–H groups in total. The van der Waals surface area contributed by atoms with Crippen LogP contribution in [0.15, 0.2) is 59.1 Å². The van der Waals surface area contributed by atoms with E-state index in [1.54, 1.807) is 14.2 Å². The maximum absolute atomic E-state index is 13.6. The first-order chi connectivity index (χ1) is 16.5. The topological polar surface area (TPSA) is 57.2 Å². The van der Waals surface area contributed by atoms with Crippen LogP contribution in [-0.4, -0.2) is 33.3 Å². The van der Waals surface area contributed by atoms with Crippen LogP contribution in [0.4, 0.5) is 5.69 Å². The molecule has 1 atom stereocenters. The Morgan fingerprint density at radius 3 is 2.12 bits per heavy atom. The predicted molar refractivity (Wildman–Crippen MR) is 136 cm³/mol. The first-order valence-electron chi connectivity index (χ1n) is 11.2. The number of methoxy groups -OCH3 is 2. The van der Waals surface area contributed by atoms with Gasteiger partial charge in [-0.15, -0.1) is 0 Å². The number of nitrogens with zero attached hydrogens (tertiary/aromatic N) is 1. The van der Waals surface area contributed by atoms with E-state index in [9.17, 15) is 4.79 Å². The lowest BCUT2D eigenvalue weighted by Gasteiger charge is -2.38. The average Bonchev–Trinajstić information content (AvgIpc) is 2.84. The summed E-state index contributed by atoms with van der Waals surface area (Å²) in [5, 5.41) is 0. The third kappa shape index (κ3) is 4.57. The van der Waals surface area contributed by atoms with Crippen LogP contribution in [0.5, 0.6) is 23.0 Å². The lowest BCUT2D eigenvalue weighted by Crippen LogP contribution is -2.41. The van der Waals surface area contributed by atoms with Gasteiger partial charge in [-0.3, -0.25) is 4.79 Å². The molecule has 1 amide bonds. The van der Waals surface area contributed by atoms with Crippen molar-refractivity contribution in [2.75, 3.05) is 32.3 Å². The molecule has 1 aliphatic heterocycles. The lowest BCUT2D eigenvalue weighted by atomic mass is 9.86. The molecule has 0 aliphatic carbocycles. The third-order valence-electron chi connectivity index (χ3n) is 5.80. The highest BCUT2D eigenvalue weighted by molar-refractivity contribution is 9.10. The minimum absolute atomic E-state index is 0.00113. The van der Waals surface area contributed by atoms with Crippen molar-refractivity contribution in [1.29, 1.82) is 0 Å². The van der Waals surface area contributed by atoms with E-state index in [-0.39, 0.29) is 18.4 Å². The molecule has 6 nitrogen and oxygen atoms in total. The van der Waals surface area contributed by atoms with E-state index in [4.69, 9.17) is 18.9 Å². The van der Waals surface area contributed by atoms with Gasteiger partial charge in [0.05, 0.1) is 39.9 Å². The molecule has 178 valence electrons. The maximum Gasteiger partial charge on any atom is 0.232 e. The van der Waals surface area contributed by atoms with Gasteiger partial charge in [0.1, 0.15) is 0 Å². The molecule has 0 spiro atoms. The van der Waals surface area contributed by atoms with Gasteiger partial charge >= 0.3 is 0 Å². The van der Waals surface area contributed by atoms with Crippen molar-refractivity contribution in [2.24, 2.45) is 0 Å². The first-order valence-corrected chi connectivity index (χ1v) is 12.0. The van der Waals surface area contributed by atoms with Crippen molar-refractivity contribution in [3.63, 3.8) is 0 Å². The minimum atomic E-state index is -0.382. The molecule has 0 radical (unpaired) electrons. The molecular weight excluding hydrogens is 498 g/mol. The Labute approximate surface area is 208 Å². The molecule has 0 fully saturated rings. The summed E-state index contributed by atoms with van der Waals surface area (Å²) in [6.07, 6.45) is 0.266. The summed E-state index contributed by atoms with van der Waals surface area (Å²) in [7, 11) is 3.21. The standard InChI is InChI=1S/C27H28BrNO5/c1-5-33-24-14-18-15-26(30)29(20-10-8-19(28)9-11-20)27(21(18)16-25(24)34-6-2)17-7-12-22(31-3)23(13-17)32-4/h7-14,16,27H,5-6,15H2,1-4H3. The Kier molecular flexibility index (Phi) is 7.32. The molecule has 1 aliphatic rings. The SMILES string of the molecule is CCOc1cc2c(cc1OCC)C(c1ccc(OC)c(OC)c1)N(c1ccc(Br)cc1)C(=O)C2. The number of amides is 1. The fourth-order valence-electron chi connectivity index (χ4n) is 4.34. The maximum atomic E-state index is 13.6. The Bertz CT molecular complexity index is 1180. The van der Waals surface area contributed by atoms with E-state index in [0.29, 0.717) is 36.2 Å². The Hall–Kier alpha value is -3.19. The number of halogens is 1. The summed E-state index contributed by atoms with van der Waals surface area (Å²) in [6.45, 7) is 4.90. The van der Waals surface area contributed by atoms with Gasteiger partial charge < -0.3 is 23.8 Å². The molecule has 34 heavy (non-hydrogen) atoms. The van der Waals surface area contributed by atoms with Crippen LogP contribution in [0.3, 0.4) is 0 Å². The Morgan fingerprint density at radius 1 is 0.853 bits per heavy atom. The van der Waals surface area contributed by atoms with Crippen LogP contribution < -0.4 is 23.8 Å². The molecule has 3 aromatic rings. The number of carbonyl (C=O) groups is 1. The van der Waals surface area contributed by atoms with Crippen LogP contribution in [0, 0.1) is 0 Å². The van der Waals surface area contributed by atoms with Gasteiger partial charge in [0.2, 0.25) is 5.91 Å². The fraction of sp³-hybridized carbons (Fsp3) is 0.296. The molecule has 4 rings (SSSR count). The smallest absolute Gasteiger partial charge is 0.232 e. The largest absolute Gasteiger partial charge is 0.493 e. The van der Waals surface area contributed by atoms with Gasteiger partial charge in [-0.1, -0.05) is 22.0 Å². The van der Waals surface area contributed by atoms with Crippen molar-refractivity contribution >= 4 is 27.5 Å². The number of rotatable bonds is 8. The zero-order valence-electron chi connectivity index (χ0n) is 19.8. The summed E-state index contributed by atoms with van der Waals surface area (Å²) >= 11 is 3.49. The fourth-order valence-corrected chi connectivity index (χ4v) is 4.60. The lowest BCUT2D eigenvalue weighted by molar-refractivity contribution is -0.118. The predicted octanol–water partition coefficient (Wildman–Crippen LogP) is 5.94. The molecule has 0 saturated heterocycles. The number of anilines is 1. The van der Waals surface area contributed by atoms with Crippen LogP contribution in [0.2, 0.25) is 0 Å². The number of ether oxygens (including phenoxy) is 4. The monoisotopic (exact) mass is 525 g/mol. The molecule has 0 aromatic heterocycles. The number of carbonyl (C=O) groups excluding carboxylic acids is 1. The number of fused-ring (bicyclic) bond motifs is 1. The Morgan fingerprint density at radius 2 is 1.50 bits per heavy atom. The first kappa shape index (κ1) is 24.0. The minimum Gasteiger partial charge on any atom is -0.493 e. The van der Waals surface area contributed by atoms with E-state index in [2.05, 4.69) is 15.9 Å². The highest BCUT2D eigenvalue weighted by Crippen LogP contribution is 2.45. The van der Waals surface area contributed by atoms with E-state index >= 15 is 0 Å². The van der Waals surface area contributed by atoms with Gasteiger partial charge in [-0.25, -0.2) is 0 Å². The van der Waals surface area contributed by atoms with Crippen LogP contribution in [0.1, 0.15) is 36.6 Å². The van der Waals surface area contributed by atoms with E-state index in [1.807, 2.05) is 73.3 Å². The van der Waals surface area contributed by atoms with Gasteiger partial charge in [-0.2, -0.15) is 0 Å². The van der Waals surface area contributed by atoms with E-state index in [1.165, 1.54) is 0 Å². The number of hydrogen-bond acceptors (Lipinski definition) is 5. The van der Waals surface area contributed by atoms with Gasteiger partial charge in [0.15, 0.2) is 23.0 Å². The van der Waals surface area contributed by atoms with Crippen LogP contribution in [-0.2, 0) is 11.2 Å². The molecular formula is C27H28BrNO5. The highest BCUT2D eigenvalue weighted by Gasteiger charge is 2.36. The van der Waals surface area contributed by atoms with Crippen molar-refractivity contribution < 1.29 is 23.7 Å². The van der Waals surface area contributed by atoms with E-state index in [0.717, 1.165) is 26.9 Å². The summed E-state index contributed by atoms with van der Waals surface area (Å²) < 4.78 is 23.7. The summed E-state index contributed by atoms with van der Waals surface area (Å²) in [5.41, 5.74) is 3.62. The molecule has 0 saturated carbocycles. The Balaban J connectivity index is 1.94. The molecule has 1 unspecified atom stereocenters. The third-order valence-corrected chi connectivity index (χ3v) is 6.33. The molecule has 1 heterocycles. The summed E-state index contributed by atoms with van der Waals surface area (Å²) in [4.78, 5) is 15.4. The second-order valence-corrected chi connectivity index (χ2v) is 8.71. The highest BCUT2D eigenvalue weighted by atomic mass is 79.9. The van der Waals surface area contributed by atoms with Gasteiger partial charge in [0, 0.05) is 10.2 Å². The number of benzene rings is 3. The normalized spacial score (nSPS) is 15.0. The van der Waals surface area contributed by atoms with Crippen molar-refractivity contribution in [3.05, 3.63) is 75.8 Å². The molecule has 0 bridgehead atoms. The van der Waals surface area contributed by atoms with Crippen molar-refractivity contribution in [3.8, 4) is 23.0 Å². The van der Waals surface area contributed by atoms with Gasteiger partial charge in [0.25, 0.3) is 0 Å². The summed E-state index contributed by atoms with van der Waals surface area (Å²) in [5.74, 6) is 2.55. The molecule has 3 aromatic carbocycles. The van der Waals surface area contributed by atoms with E-state index < -0.39 is 0 Å². The van der Waals surface area contributed by atoms with Gasteiger partial charge in [-0.05, 0) is 79.1 Å². The van der Waals surface area contributed by atoms with Crippen molar-refractivity contribution in [1.82, 2.24) is 0 Å². The second-order valence-electron chi connectivity index (χ2n) is 7.80. The van der Waals surface area contributed by atoms with Crippen molar-refractivity contribution in [2.45, 2.75) is 26.3 Å². The van der Waals surface area contributed by atoms with Crippen LogP contribution in [0.25, 0.3) is 0 Å². The quantitative estimate of drug-likeness (QED) is 0.364. The van der Waals surface area contributed by atoms with Crippen LogP contribution >= 0.6 is 15.9 Å². The second kappa shape index (κ2) is 10.4. The molecule has 7 heteroatoms. The summed E-state index contributed by atoms with van der Waals surface area (Å²) in [6, 6.07) is 17.1.